The zero-order chi connectivity index (χ0) is 8.95. The summed E-state index contributed by atoms with van der Waals surface area (Å²) in [6, 6.07) is 0. The highest BCUT2D eigenvalue weighted by molar-refractivity contribution is 4.51. The molecule has 0 atom stereocenters. The van der Waals surface area contributed by atoms with E-state index in [1.54, 1.807) is 0 Å². The summed E-state index contributed by atoms with van der Waals surface area (Å²) in [6.07, 6.45) is 10.5. The summed E-state index contributed by atoms with van der Waals surface area (Å²) >= 11 is 0. The van der Waals surface area contributed by atoms with Crippen LogP contribution in [0, 0.1) is 0 Å². The molecule has 0 radical (unpaired) electrons. The fourth-order valence-corrected chi connectivity index (χ4v) is 1.24. The van der Waals surface area contributed by atoms with Gasteiger partial charge in [0.15, 0.2) is 0 Å². The molecule has 0 unspecified atom stereocenters. The molecule has 1 rings (SSSR count). The molecule has 1 aliphatic rings. The van der Waals surface area contributed by atoms with E-state index in [4.69, 9.17) is 0 Å². The van der Waals surface area contributed by atoms with Crippen molar-refractivity contribution in [2.24, 2.45) is 0 Å². The molecule has 0 spiro atoms. The average molecular weight is 158 g/mol. The first kappa shape index (κ1) is 13.6. The Morgan fingerprint density at radius 3 is 0.545 bits per heavy atom. The molecule has 1 fully saturated rings. The first-order valence-corrected chi connectivity index (χ1v) is 5.50. The van der Waals surface area contributed by atoms with Gasteiger partial charge in [0, 0.05) is 0 Å². The lowest BCUT2D eigenvalue weighted by molar-refractivity contribution is 0.702. The first-order valence-electron chi connectivity index (χ1n) is 5.50. The van der Waals surface area contributed by atoms with Crippen molar-refractivity contribution in [1.29, 1.82) is 0 Å². The molecule has 0 heterocycles. The van der Waals surface area contributed by atoms with Crippen LogP contribution >= 0.6 is 0 Å². The summed E-state index contributed by atoms with van der Waals surface area (Å²) in [5.74, 6) is 0. The topological polar surface area (TPSA) is 0 Å². The molecule has 0 heteroatoms. The van der Waals surface area contributed by atoms with Gasteiger partial charge in [-0.05, 0) is 0 Å². The molecule has 0 aromatic carbocycles. The Balaban J connectivity index is 0. The molecule has 70 valence electrons. The van der Waals surface area contributed by atoms with Gasteiger partial charge in [-0.3, -0.25) is 0 Å². The van der Waals surface area contributed by atoms with Crippen molar-refractivity contribution in [3.05, 3.63) is 0 Å². The normalized spacial score (nSPS) is 16.4. The molecular weight excluding hydrogens is 132 g/mol. The second kappa shape index (κ2) is 16.5. The van der Waals surface area contributed by atoms with Gasteiger partial charge in [-0.1, -0.05) is 72.6 Å². The minimum absolute atomic E-state index is 1.50. The number of hydrogen-bond acceptors (Lipinski definition) is 0. The summed E-state index contributed by atoms with van der Waals surface area (Å²) < 4.78 is 0. The third kappa shape index (κ3) is 13.1. The molecule has 0 nitrogen and oxygen atoms in total. The molecule has 0 amide bonds. The highest BCUT2D eigenvalue weighted by Crippen LogP contribution is 2.15. The van der Waals surface area contributed by atoms with Crippen molar-refractivity contribution in [2.45, 2.75) is 72.6 Å². The maximum atomic E-state index is 2.00. The Kier molecular flexibility index (Phi) is 20.4. The molecule has 0 N–H and O–H groups in total. The van der Waals surface area contributed by atoms with E-state index >= 15 is 0 Å². The van der Waals surface area contributed by atoms with E-state index in [0.717, 1.165) is 0 Å². The van der Waals surface area contributed by atoms with Crippen molar-refractivity contribution in [2.75, 3.05) is 0 Å². The van der Waals surface area contributed by atoms with Gasteiger partial charge in [0.1, 0.15) is 0 Å². The van der Waals surface area contributed by atoms with Crippen LogP contribution < -0.4 is 0 Å². The average Bonchev–Trinajstić information content (AvgIpc) is 2.42. The second-order valence-corrected chi connectivity index (χ2v) is 2.47. The summed E-state index contributed by atoms with van der Waals surface area (Å²) in [5.41, 5.74) is 0. The summed E-state index contributed by atoms with van der Waals surface area (Å²) in [6.45, 7) is 8.00. The van der Waals surface area contributed by atoms with E-state index in [2.05, 4.69) is 0 Å². The van der Waals surface area contributed by atoms with Crippen molar-refractivity contribution < 1.29 is 0 Å². The molecule has 0 aromatic rings. The molecule has 0 saturated heterocycles. The summed E-state index contributed by atoms with van der Waals surface area (Å²) in [4.78, 5) is 0. The Bertz CT molecular complexity index is 19.7. The lowest BCUT2D eigenvalue weighted by Crippen LogP contribution is -1.66. The smallest absolute Gasteiger partial charge is 0.0533 e. The van der Waals surface area contributed by atoms with Crippen LogP contribution in [-0.4, -0.2) is 0 Å². The molecule has 1 saturated carbocycles. The molecule has 11 heavy (non-hydrogen) atoms. The molecule has 0 aromatic heterocycles. The Morgan fingerprint density at radius 2 is 0.455 bits per heavy atom. The van der Waals surface area contributed by atoms with Gasteiger partial charge in [0.25, 0.3) is 0 Å². The van der Waals surface area contributed by atoms with Crippen LogP contribution in [-0.2, 0) is 0 Å². The van der Waals surface area contributed by atoms with E-state index in [1.807, 2.05) is 27.7 Å². The second-order valence-electron chi connectivity index (χ2n) is 2.47. The zero-order valence-electron chi connectivity index (χ0n) is 8.95. The van der Waals surface area contributed by atoms with Crippen LogP contribution in [0.1, 0.15) is 72.6 Å². The minimum atomic E-state index is 1.50. The van der Waals surface area contributed by atoms with Gasteiger partial charge in [-0.2, -0.15) is 0 Å². The predicted octanol–water partition coefficient (Wildman–Crippen LogP) is 4.78. The van der Waals surface area contributed by atoms with Gasteiger partial charge >= 0.3 is 0 Å². The van der Waals surface area contributed by atoms with Crippen LogP contribution in [0.2, 0.25) is 0 Å². The van der Waals surface area contributed by atoms with Crippen molar-refractivity contribution in [3.63, 3.8) is 0 Å². The van der Waals surface area contributed by atoms with Gasteiger partial charge in [-0.25, -0.2) is 0 Å². The first-order chi connectivity index (χ1) is 5.50. The molecular formula is C11H26. The minimum Gasteiger partial charge on any atom is -0.0683 e. The van der Waals surface area contributed by atoms with E-state index < -0.39 is 0 Å². The fourth-order valence-electron chi connectivity index (χ4n) is 1.24. The predicted molar refractivity (Wildman–Crippen MR) is 55.0 cm³/mol. The number of hydrogen-bond donors (Lipinski definition) is 0. The maximum absolute atomic E-state index is 2.00. The fraction of sp³-hybridized carbons (Fsp3) is 1.00. The van der Waals surface area contributed by atoms with Crippen LogP contribution in [0.25, 0.3) is 0 Å². The maximum Gasteiger partial charge on any atom is -0.0533 e. The van der Waals surface area contributed by atoms with Crippen molar-refractivity contribution in [1.82, 2.24) is 0 Å². The highest BCUT2D eigenvalue weighted by atomic mass is 14.0. The third-order valence-corrected chi connectivity index (χ3v) is 1.75. The van der Waals surface area contributed by atoms with Crippen molar-refractivity contribution >= 4 is 0 Å². The summed E-state index contributed by atoms with van der Waals surface area (Å²) in [7, 11) is 0. The highest BCUT2D eigenvalue weighted by Gasteiger charge is 1.95. The lowest BCUT2D eigenvalue weighted by atomic mass is 10.2. The van der Waals surface area contributed by atoms with Gasteiger partial charge in [0.05, 0.1) is 0 Å². The molecule has 0 aliphatic heterocycles. The van der Waals surface area contributed by atoms with E-state index in [0.29, 0.717) is 0 Å². The van der Waals surface area contributed by atoms with Crippen LogP contribution in [0.4, 0.5) is 0 Å². The Morgan fingerprint density at radius 1 is 0.364 bits per heavy atom. The standard InChI is InChI=1S/C7H14.2C2H6/c1-2-4-6-7-5-3-1;2*1-2/h1-7H2;2*1-2H3. The monoisotopic (exact) mass is 158 g/mol. The van der Waals surface area contributed by atoms with Crippen LogP contribution in [0.5, 0.6) is 0 Å². The Hall–Kier alpha value is 0. The zero-order valence-corrected chi connectivity index (χ0v) is 8.95. The van der Waals surface area contributed by atoms with E-state index in [-0.39, 0.29) is 0 Å². The van der Waals surface area contributed by atoms with Crippen LogP contribution in [0.3, 0.4) is 0 Å². The van der Waals surface area contributed by atoms with Gasteiger partial charge in [0.2, 0.25) is 0 Å². The lowest BCUT2D eigenvalue weighted by Gasteiger charge is -1.85. The largest absolute Gasteiger partial charge is 0.0683 e. The quantitative estimate of drug-likeness (QED) is 0.445. The number of rotatable bonds is 0. The Labute approximate surface area is 73.4 Å². The van der Waals surface area contributed by atoms with Crippen molar-refractivity contribution in [3.8, 4) is 0 Å². The van der Waals surface area contributed by atoms with Gasteiger partial charge < -0.3 is 0 Å². The van der Waals surface area contributed by atoms with E-state index in [1.165, 1.54) is 44.9 Å². The molecule has 1 aliphatic carbocycles. The van der Waals surface area contributed by atoms with Crippen LogP contribution in [0.15, 0.2) is 0 Å². The summed E-state index contributed by atoms with van der Waals surface area (Å²) in [5, 5.41) is 0. The van der Waals surface area contributed by atoms with E-state index in [9.17, 15) is 0 Å². The third-order valence-electron chi connectivity index (χ3n) is 1.75. The molecule has 0 bridgehead atoms. The SMILES string of the molecule is C1CCCCCC1.CC.CC. The van der Waals surface area contributed by atoms with Gasteiger partial charge in [-0.15, -0.1) is 0 Å².